The third-order valence-corrected chi connectivity index (χ3v) is 5.57. The van der Waals surface area contributed by atoms with Crippen LogP contribution >= 0.6 is 0 Å². The second kappa shape index (κ2) is 9.51. The van der Waals surface area contributed by atoms with Gasteiger partial charge in [-0.3, -0.25) is 0 Å². The third-order valence-electron chi connectivity index (χ3n) is 5.57. The van der Waals surface area contributed by atoms with Crippen molar-refractivity contribution in [2.24, 2.45) is 5.73 Å². The summed E-state index contributed by atoms with van der Waals surface area (Å²) in [5.74, 6) is -2.01. The number of ether oxygens (including phenoxy) is 3. The van der Waals surface area contributed by atoms with Crippen molar-refractivity contribution in [1.82, 2.24) is 0 Å². The van der Waals surface area contributed by atoms with E-state index in [4.69, 9.17) is 19.9 Å². The maximum Gasteiger partial charge on any atom is 0.188 e. The minimum Gasteiger partial charge on any atom is -0.394 e. The molecule has 11 heteroatoms. The lowest BCUT2D eigenvalue weighted by Crippen LogP contribution is -2.71. The molecule has 9 N–H and O–H groups in total. The monoisotopic (exact) mass is 431 g/mol. The number of aliphatic hydroxyl groups excluding tert-OH is 6. The van der Waals surface area contributed by atoms with Gasteiger partial charge in [0, 0.05) is 6.42 Å². The summed E-state index contributed by atoms with van der Waals surface area (Å²) in [5, 5.41) is 70.6. The van der Waals surface area contributed by atoms with Crippen LogP contribution in [0.3, 0.4) is 0 Å². The molecule has 0 aromatic heterocycles. The van der Waals surface area contributed by atoms with Gasteiger partial charge < -0.3 is 55.7 Å². The Balaban J connectivity index is 1.76. The van der Waals surface area contributed by atoms with Crippen molar-refractivity contribution < 1.29 is 50.0 Å². The first-order valence-corrected chi connectivity index (χ1v) is 9.66. The molecular formula is C19H29NO10. The lowest BCUT2D eigenvalue weighted by molar-refractivity contribution is -0.363. The molecule has 11 nitrogen and oxygen atoms in total. The largest absolute Gasteiger partial charge is 0.394 e. The standard InChI is InChI=1S/C19H29NO10/c20-17-15(26)16(29-18-14(25)13(24)12(23)10(7-21)28-18)11(8-22)30-19(17,27)6-9-4-2-1-3-5-9/h1-5,10-18,21-27H,6-8,20H2/t10-,11-,12+,13+,14-,15+,16-,17-,18+,19?/m1/s1. The van der Waals surface area contributed by atoms with Gasteiger partial charge >= 0.3 is 0 Å². The van der Waals surface area contributed by atoms with E-state index in [-0.39, 0.29) is 6.42 Å². The lowest BCUT2D eigenvalue weighted by Gasteiger charge is -2.49. The summed E-state index contributed by atoms with van der Waals surface area (Å²) < 4.78 is 16.4. The number of benzene rings is 1. The molecule has 0 bridgehead atoms. The fraction of sp³-hybridized carbons (Fsp3) is 0.684. The Labute approximate surface area is 172 Å². The van der Waals surface area contributed by atoms with Gasteiger partial charge in [0.05, 0.1) is 19.3 Å². The zero-order valence-corrected chi connectivity index (χ0v) is 16.1. The number of aliphatic hydroxyl groups is 7. The summed E-state index contributed by atoms with van der Waals surface area (Å²) in [6.45, 7) is -1.32. The minimum atomic E-state index is -2.01. The van der Waals surface area contributed by atoms with E-state index in [1.807, 2.05) is 0 Å². The summed E-state index contributed by atoms with van der Waals surface area (Å²) in [4.78, 5) is 0. The summed E-state index contributed by atoms with van der Waals surface area (Å²) in [5.41, 5.74) is 6.72. The van der Waals surface area contributed by atoms with Gasteiger partial charge in [0.25, 0.3) is 0 Å². The van der Waals surface area contributed by atoms with E-state index >= 15 is 0 Å². The van der Waals surface area contributed by atoms with E-state index in [1.54, 1.807) is 30.3 Å². The minimum absolute atomic E-state index is 0.0602. The number of rotatable bonds is 6. The zero-order valence-electron chi connectivity index (χ0n) is 16.1. The van der Waals surface area contributed by atoms with Crippen molar-refractivity contribution in [3.05, 3.63) is 35.9 Å². The van der Waals surface area contributed by atoms with E-state index in [2.05, 4.69) is 0 Å². The van der Waals surface area contributed by atoms with Crippen molar-refractivity contribution in [3.63, 3.8) is 0 Å². The maximum atomic E-state index is 10.9. The van der Waals surface area contributed by atoms with Gasteiger partial charge in [-0.15, -0.1) is 0 Å². The normalized spacial score (nSPS) is 44.7. The molecule has 10 atom stereocenters. The Bertz CT molecular complexity index is 677. The van der Waals surface area contributed by atoms with Gasteiger partial charge in [0.2, 0.25) is 0 Å². The van der Waals surface area contributed by atoms with Gasteiger partial charge in [0.15, 0.2) is 12.1 Å². The quantitative estimate of drug-likeness (QED) is 0.220. The van der Waals surface area contributed by atoms with Crippen LogP contribution < -0.4 is 5.73 Å². The second-order valence-electron chi connectivity index (χ2n) is 7.66. The third kappa shape index (κ3) is 4.52. The molecule has 1 aromatic carbocycles. The van der Waals surface area contributed by atoms with Crippen LogP contribution in [0, 0.1) is 0 Å². The van der Waals surface area contributed by atoms with Gasteiger partial charge in [-0.25, -0.2) is 0 Å². The SMILES string of the molecule is N[C@@H]1[C@@H](O)[C@H](O[C@@H]2O[C@H](CO)[C@H](O)[C@H](O)[C@H]2O)[C@@H](CO)OC1(O)Cc1ccccc1. The Morgan fingerprint density at radius 3 is 2.13 bits per heavy atom. The highest BCUT2D eigenvalue weighted by Crippen LogP contribution is 2.33. The predicted octanol–water partition coefficient (Wildman–Crippen LogP) is -3.82. The summed E-state index contributed by atoms with van der Waals surface area (Å²) in [6, 6.07) is 7.45. The van der Waals surface area contributed by atoms with E-state index in [0.717, 1.165) is 0 Å². The molecule has 0 spiro atoms. The van der Waals surface area contributed by atoms with Crippen LogP contribution in [0.5, 0.6) is 0 Å². The van der Waals surface area contributed by atoms with Gasteiger partial charge in [-0.1, -0.05) is 30.3 Å². The van der Waals surface area contributed by atoms with Crippen molar-refractivity contribution in [1.29, 1.82) is 0 Å². The molecule has 30 heavy (non-hydrogen) atoms. The number of hydrogen-bond acceptors (Lipinski definition) is 11. The summed E-state index contributed by atoms with van der Waals surface area (Å²) in [7, 11) is 0. The second-order valence-corrected chi connectivity index (χ2v) is 7.66. The average molecular weight is 431 g/mol. The smallest absolute Gasteiger partial charge is 0.188 e. The number of hydrogen-bond donors (Lipinski definition) is 8. The van der Waals surface area contributed by atoms with Crippen LogP contribution in [0.1, 0.15) is 5.56 Å². The zero-order chi connectivity index (χ0) is 22.1. The molecule has 3 rings (SSSR count). The van der Waals surface area contributed by atoms with Crippen LogP contribution in [0.4, 0.5) is 0 Å². The highest BCUT2D eigenvalue weighted by Gasteiger charge is 2.54. The van der Waals surface area contributed by atoms with Crippen molar-refractivity contribution in [2.75, 3.05) is 13.2 Å². The van der Waals surface area contributed by atoms with Gasteiger partial charge in [-0.05, 0) is 5.56 Å². The molecular weight excluding hydrogens is 402 g/mol. The van der Waals surface area contributed by atoms with E-state index < -0.39 is 74.1 Å². The molecule has 1 unspecified atom stereocenters. The lowest BCUT2D eigenvalue weighted by atomic mass is 9.87. The van der Waals surface area contributed by atoms with Crippen molar-refractivity contribution in [3.8, 4) is 0 Å². The summed E-state index contributed by atoms with van der Waals surface area (Å²) in [6.07, 6.45) is -12.0. The summed E-state index contributed by atoms with van der Waals surface area (Å²) >= 11 is 0. The van der Waals surface area contributed by atoms with Crippen LogP contribution in [-0.2, 0) is 20.6 Å². The maximum absolute atomic E-state index is 10.9. The Morgan fingerprint density at radius 2 is 1.53 bits per heavy atom. The molecule has 2 fully saturated rings. The van der Waals surface area contributed by atoms with Crippen LogP contribution in [0.15, 0.2) is 30.3 Å². The fourth-order valence-electron chi connectivity index (χ4n) is 3.79. The molecule has 170 valence electrons. The Hall–Kier alpha value is -1.22. The van der Waals surface area contributed by atoms with Crippen LogP contribution in [0.25, 0.3) is 0 Å². The van der Waals surface area contributed by atoms with Crippen LogP contribution in [-0.4, -0.2) is 110 Å². The molecule has 0 saturated carbocycles. The Morgan fingerprint density at radius 1 is 0.900 bits per heavy atom. The Kier molecular flexibility index (Phi) is 7.43. The molecule has 0 aliphatic carbocycles. The van der Waals surface area contributed by atoms with Gasteiger partial charge in [0.1, 0.15) is 42.7 Å². The first-order valence-electron chi connectivity index (χ1n) is 9.66. The highest BCUT2D eigenvalue weighted by molar-refractivity contribution is 5.18. The highest BCUT2D eigenvalue weighted by atomic mass is 16.7. The topological polar surface area (TPSA) is 195 Å². The first kappa shape index (κ1) is 23.4. The molecule has 2 aliphatic rings. The molecule has 2 heterocycles. The van der Waals surface area contributed by atoms with Gasteiger partial charge in [-0.2, -0.15) is 0 Å². The fourth-order valence-corrected chi connectivity index (χ4v) is 3.79. The van der Waals surface area contributed by atoms with Crippen LogP contribution in [0.2, 0.25) is 0 Å². The average Bonchev–Trinajstić information content (AvgIpc) is 2.74. The van der Waals surface area contributed by atoms with Crippen molar-refractivity contribution >= 4 is 0 Å². The molecule has 0 radical (unpaired) electrons. The molecule has 0 amide bonds. The van der Waals surface area contributed by atoms with E-state index in [0.29, 0.717) is 5.56 Å². The van der Waals surface area contributed by atoms with E-state index in [9.17, 15) is 35.7 Å². The van der Waals surface area contributed by atoms with Crippen molar-refractivity contribution in [2.45, 2.75) is 67.3 Å². The molecule has 2 aliphatic heterocycles. The molecule has 2 saturated heterocycles. The molecule has 1 aromatic rings. The number of nitrogens with two attached hydrogens (primary N) is 1. The van der Waals surface area contributed by atoms with E-state index in [1.165, 1.54) is 0 Å². The predicted molar refractivity (Wildman–Crippen MR) is 99.7 cm³/mol. The first-order chi connectivity index (χ1) is 14.2.